The molecule has 1 rings (SSSR count). The molecular formula is C12H18O2. The second-order valence-corrected chi connectivity index (χ2v) is 3.82. The second kappa shape index (κ2) is 5.01. The molecule has 0 spiro atoms. The van der Waals surface area contributed by atoms with Gasteiger partial charge >= 0.3 is 0 Å². The van der Waals surface area contributed by atoms with Gasteiger partial charge < -0.3 is 9.84 Å². The minimum atomic E-state index is 0.172. The van der Waals surface area contributed by atoms with Crippen LogP contribution in [0.15, 0.2) is 18.2 Å². The van der Waals surface area contributed by atoms with Crippen LogP contribution in [0.4, 0.5) is 0 Å². The summed E-state index contributed by atoms with van der Waals surface area (Å²) in [6, 6.07) is 6.09. The first-order valence-corrected chi connectivity index (χ1v) is 4.95. The molecule has 0 saturated carbocycles. The highest BCUT2D eigenvalue weighted by atomic mass is 16.5. The van der Waals surface area contributed by atoms with Crippen LogP contribution in [-0.2, 0) is 0 Å². The zero-order valence-corrected chi connectivity index (χ0v) is 9.08. The van der Waals surface area contributed by atoms with Gasteiger partial charge in [-0.3, -0.25) is 0 Å². The molecule has 1 unspecified atom stereocenters. The summed E-state index contributed by atoms with van der Waals surface area (Å²) in [5.41, 5.74) is 2.30. The Morgan fingerprint density at radius 1 is 1.29 bits per heavy atom. The van der Waals surface area contributed by atoms with Gasteiger partial charge in [-0.15, -0.1) is 0 Å². The standard InChI is InChI=1S/C12H18O2/c1-9(7-13)8-14-12-10(2)5-4-6-11(12)3/h4-6,9,13H,7-8H2,1-3H3. The molecule has 0 aliphatic rings. The molecule has 0 heterocycles. The van der Waals surface area contributed by atoms with Gasteiger partial charge in [-0.05, 0) is 25.0 Å². The van der Waals surface area contributed by atoms with E-state index in [1.54, 1.807) is 0 Å². The molecule has 0 amide bonds. The molecule has 1 aromatic carbocycles. The quantitative estimate of drug-likeness (QED) is 0.797. The van der Waals surface area contributed by atoms with E-state index in [-0.39, 0.29) is 12.5 Å². The summed E-state index contributed by atoms with van der Waals surface area (Å²) in [5, 5.41) is 8.87. The number of aliphatic hydroxyl groups excluding tert-OH is 1. The summed E-state index contributed by atoms with van der Waals surface area (Å²) in [7, 11) is 0. The van der Waals surface area contributed by atoms with E-state index in [0.717, 1.165) is 16.9 Å². The van der Waals surface area contributed by atoms with Crippen molar-refractivity contribution in [1.29, 1.82) is 0 Å². The minimum Gasteiger partial charge on any atom is -0.493 e. The fraction of sp³-hybridized carbons (Fsp3) is 0.500. The lowest BCUT2D eigenvalue weighted by atomic mass is 10.1. The van der Waals surface area contributed by atoms with Crippen molar-refractivity contribution in [2.45, 2.75) is 20.8 Å². The van der Waals surface area contributed by atoms with E-state index in [2.05, 4.69) is 0 Å². The first kappa shape index (κ1) is 11.1. The molecule has 1 atom stereocenters. The molecule has 0 radical (unpaired) electrons. The third-order valence-electron chi connectivity index (χ3n) is 2.23. The number of aryl methyl sites for hydroxylation is 2. The van der Waals surface area contributed by atoms with Gasteiger partial charge in [0.25, 0.3) is 0 Å². The summed E-state index contributed by atoms with van der Waals surface area (Å²) < 4.78 is 5.66. The van der Waals surface area contributed by atoms with Gasteiger partial charge in [-0.2, -0.15) is 0 Å². The predicted molar refractivity (Wildman–Crippen MR) is 57.7 cm³/mol. The average Bonchev–Trinajstić information content (AvgIpc) is 2.16. The first-order chi connectivity index (χ1) is 6.65. The van der Waals surface area contributed by atoms with E-state index < -0.39 is 0 Å². The SMILES string of the molecule is Cc1cccc(C)c1OCC(C)CO. The van der Waals surface area contributed by atoms with Crippen LogP contribution in [0.3, 0.4) is 0 Å². The molecule has 1 aromatic rings. The van der Waals surface area contributed by atoms with Crippen LogP contribution in [-0.4, -0.2) is 18.3 Å². The average molecular weight is 194 g/mol. The summed E-state index contributed by atoms with van der Waals surface area (Å²) >= 11 is 0. The summed E-state index contributed by atoms with van der Waals surface area (Å²) in [6.07, 6.45) is 0. The molecule has 0 aromatic heterocycles. The fourth-order valence-corrected chi connectivity index (χ4v) is 1.31. The molecule has 0 fully saturated rings. The van der Waals surface area contributed by atoms with Crippen LogP contribution in [0.5, 0.6) is 5.75 Å². The Balaban J connectivity index is 2.66. The zero-order chi connectivity index (χ0) is 10.6. The Labute approximate surface area is 85.5 Å². The van der Waals surface area contributed by atoms with Crippen LogP contribution >= 0.6 is 0 Å². The second-order valence-electron chi connectivity index (χ2n) is 3.82. The van der Waals surface area contributed by atoms with E-state index in [1.807, 2.05) is 39.0 Å². The van der Waals surface area contributed by atoms with Gasteiger partial charge in [0.1, 0.15) is 5.75 Å². The Morgan fingerprint density at radius 2 is 1.86 bits per heavy atom. The van der Waals surface area contributed by atoms with Gasteiger partial charge in [0.2, 0.25) is 0 Å². The smallest absolute Gasteiger partial charge is 0.125 e. The minimum absolute atomic E-state index is 0.172. The summed E-state index contributed by atoms with van der Waals surface area (Å²) in [5.74, 6) is 1.14. The molecule has 14 heavy (non-hydrogen) atoms. The number of aliphatic hydroxyl groups is 1. The van der Waals surface area contributed by atoms with E-state index in [4.69, 9.17) is 9.84 Å². The molecule has 2 nitrogen and oxygen atoms in total. The van der Waals surface area contributed by atoms with Crippen LogP contribution in [0, 0.1) is 19.8 Å². The monoisotopic (exact) mass is 194 g/mol. The van der Waals surface area contributed by atoms with Crippen molar-refractivity contribution in [2.24, 2.45) is 5.92 Å². The highest BCUT2D eigenvalue weighted by Crippen LogP contribution is 2.22. The molecule has 1 N–H and O–H groups in total. The van der Waals surface area contributed by atoms with Crippen molar-refractivity contribution in [3.63, 3.8) is 0 Å². The van der Waals surface area contributed by atoms with E-state index in [1.165, 1.54) is 0 Å². The number of para-hydroxylation sites is 1. The molecule has 78 valence electrons. The molecule has 0 bridgehead atoms. The van der Waals surface area contributed by atoms with Crippen molar-refractivity contribution in [3.05, 3.63) is 29.3 Å². The van der Waals surface area contributed by atoms with Gasteiger partial charge in [0.15, 0.2) is 0 Å². The van der Waals surface area contributed by atoms with Gasteiger partial charge in [-0.25, -0.2) is 0 Å². The highest BCUT2D eigenvalue weighted by molar-refractivity contribution is 5.39. The van der Waals surface area contributed by atoms with Gasteiger partial charge in [-0.1, -0.05) is 25.1 Å². The lowest BCUT2D eigenvalue weighted by Gasteiger charge is -2.14. The van der Waals surface area contributed by atoms with Crippen LogP contribution in [0.25, 0.3) is 0 Å². The van der Waals surface area contributed by atoms with Gasteiger partial charge in [0.05, 0.1) is 6.61 Å². The highest BCUT2D eigenvalue weighted by Gasteiger charge is 2.05. The number of rotatable bonds is 4. The normalized spacial score (nSPS) is 12.6. The van der Waals surface area contributed by atoms with Crippen LogP contribution in [0.2, 0.25) is 0 Å². The van der Waals surface area contributed by atoms with Crippen LogP contribution in [0.1, 0.15) is 18.1 Å². The third-order valence-corrected chi connectivity index (χ3v) is 2.23. The lowest BCUT2D eigenvalue weighted by Crippen LogP contribution is -2.13. The van der Waals surface area contributed by atoms with E-state index in [0.29, 0.717) is 6.61 Å². The number of ether oxygens (including phenoxy) is 1. The lowest BCUT2D eigenvalue weighted by molar-refractivity contribution is 0.173. The number of benzene rings is 1. The predicted octanol–water partition coefficient (Wildman–Crippen LogP) is 2.31. The molecule has 0 saturated heterocycles. The topological polar surface area (TPSA) is 29.5 Å². The van der Waals surface area contributed by atoms with E-state index in [9.17, 15) is 0 Å². The zero-order valence-electron chi connectivity index (χ0n) is 9.08. The summed E-state index contributed by atoms with van der Waals surface area (Å²) in [4.78, 5) is 0. The number of hydrogen-bond acceptors (Lipinski definition) is 2. The van der Waals surface area contributed by atoms with Crippen molar-refractivity contribution in [2.75, 3.05) is 13.2 Å². The third kappa shape index (κ3) is 2.74. The fourth-order valence-electron chi connectivity index (χ4n) is 1.31. The maximum absolute atomic E-state index is 8.87. The van der Waals surface area contributed by atoms with Crippen molar-refractivity contribution in [3.8, 4) is 5.75 Å². The van der Waals surface area contributed by atoms with Crippen molar-refractivity contribution < 1.29 is 9.84 Å². The first-order valence-electron chi connectivity index (χ1n) is 4.95. The Kier molecular flexibility index (Phi) is 3.96. The Hall–Kier alpha value is -1.02. The van der Waals surface area contributed by atoms with Crippen molar-refractivity contribution in [1.82, 2.24) is 0 Å². The van der Waals surface area contributed by atoms with Crippen LogP contribution < -0.4 is 4.74 Å². The number of hydrogen-bond donors (Lipinski definition) is 1. The molecule has 0 aliphatic carbocycles. The molecular weight excluding hydrogens is 176 g/mol. The maximum Gasteiger partial charge on any atom is 0.125 e. The van der Waals surface area contributed by atoms with Gasteiger partial charge in [0, 0.05) is 12.5 Å². The van der Waals surface area contributed by atoms with E-state index >= 15 is 0 Å². The Bertz CT molecular complexity index is 274. The molecule has 0 aliphatic heterocycles. The molecule has 2 heteroatoms. The largest absolute Gasteiger partial charge is 0.493 e. The van der Waals surface area contributed by atoms with Crippen molar-refractivity contribution >= 4 is 0 Å². The maximum atomic E-state index is 8.87. The summed E-state index contributed by atoms with van der Waals surface area (Å²) in [6.45, 7) is 6.78. The Morgan fingerprint density at radius 3 is 2.36 bits per heavy atom.